The minimum atomic E-state index is -0.500. The average Bonchev–Trinajstić information content (AvgIpc) is 2.63. The summed E-state index contributed by atoms with van der Waals surface area (Å²) in [7, 11) is 4.76. The van der Waals surface area contributed by atoms with Crippen molar-refractivity contribution in [3.63, 3.8) is 0 Å². The molecule has 2 rings (SSSR count). The molecular formula is C20H33ClNO5-. The van der Waals surface area contributed by atoms with E-state index in [-0.39, 0.29) is 12.4 Å². The fourth-order valence-corrected chi connectivity index (χ4v) is 3.66. The van der Waals surface area contributed by atoms with Crippen molar-refractivity contribution in [2.75, 3.05) is 34.5 Å². The third-order valence-electron chi connectivity index (χ3n) is 5.10. The van der Waals surface area contributed by atoms with E-state index in [1.807, 2.05) is 12.1 Å². The minimum Gasteiger partial charge on any atom is -1.00 e. The van der Waals surface area contributed by atoms with Gasteiger partial charge in [0.15, 0.2) is 11.5 Å². The first-order valence-corrected chi connectivity index (χ1v) is 9.30. The third-order valence-corrected chi connectivity index (χ3v) is 5.10. The van der Waals surface area contributed by atoms with Crippen molar-refractivity contribution in [2.24, 2.45) is 0 Å². The zero-order valence-electron chi connectivity index (χ0n) is 17.0. The van der Waals surface area contributed by atoms with Crippen molar-refractivity contribution in [2.45, 2.75) is 57.9 Å². The molecule has 1 aliphatic heterocycles. The summed E-state index contributed by atoms with van der Waals surface area (Å²) < 4.78 is 21.8. The number of benzene rings is 1. The highest BCUT2D eigenvalue weighted by Crippen LogP contribution is 2.38. The number of ether oxygens (including phenoxy) is 4. The zero-order valence-corrected chi connectivity index (χ0v) is 17.8. The second kappa shape index (κ2) is 11.6. The summed E-state index contributed by atoms with van der Waals surface area (Å²) in [6, 6.07) is 4.76. The first-order chi connectivity index (χ1) is 12.5. The molecule has 27 heavy (non-hydrogen) atoms. The number of aliphatic hydroxyl groups is 1. The van der Waals surface area contributed by atoms with Crippen molar-refractivity contribution in [3.8, 4) is 17.2 Å². The second-order valence-electron chi connectivity index (χ2n) is 7.03. The number of piperidine rings is 1. The van der Waals surface area contributed by atoms with Crippen molar-refractivity contribution >= 4 is 0 Å². The summed E-state index contributed by atoms with van der Waals surface area (Å²) in [5, 5.41) is 10.4. The molecule has 1 aromatic rings. The van der Waals surface area contributed by atoms with E-state index >= 15 is 0 Å². The SMILES string of the molecule is COc1cc(COCC(O)CN2C(C)CCCC2C)cc(OC)c1OC.[Cl-]. The summed E-state index contributed by atoms with van der Waals surface area (Å²) in [4.78, 5) is 2.39. The Bertz CT molecular complexity index is 536. The highest BCUT2D eigenvalue weighted by atomic mass is 35.5. The van der Waals surface area contributed by atoms with E-state index in [0.717, 1.165) is 5.56 Å². The van der Waals surface area contributed by atoms with E-state index < -0.39 is 6.10 Å². The van der Waals surface area contributed by atoms with Gasteiger partial charge in [0.1, 0.15) is 0 Å². The van der Waals surface area contributed by atoms with Gasteiger partial charge in [0.05, 0.1) is 40.6 Å². The molecule has 1 saturated heterocycles. The Morgan fingerprint density at radius 1 is 1.04 bits per heavy atom. The molecule has 1 N–H and O–H groups in total. The van der Waals surface area contributed by atoms with Crippen LogP contribution in [-0.2, 0) is 11.3 Å². The summed E-state index contributed by atoms with van der Waals surface area (Å²) in [5.41, 5.74) is 0.909. The lowest BCUT2D eigenvalue weighted by Crippen LogP contribution is -3.00. The van der Waals surface area contributed by atoms with Crippen LogP contribution in [0.2, 0.25) is 0 Å². The van der Waals surface area contributed by atoms with Crippen LogP contribution in [0.25, 0.3) is 0 Å². The maximum absolute atomic E-state index is 10.4. The van der Waals surface area contributed by atoms with Gasteiger partial charge in [0.2, 0.25) is 5.75 Å². The first-order valence-electron chi connectivity index (χ1n) is 9.30. The van der Waals surface area contributed by atoms with Gasteiger partial charge in [-0.05, 0) is 44.4 Å². The Balaban J connectivity index is 0.00000364. The van der Waals surface area contributed by atoms with Gasteiger partial charge < -0.3 is 36.5 Å². The normalized spacial score (nSPS) is 21.3. The van der Waals surface area contributed by atoms with Gasteiger partial charge in [0, 0.05) is 18.6 Å². The van der Waals surface area contributed by atoms with Crippen LogP contribution in [0.1, 0.15) is 38.7 Å². The standard InChI is InChI=1S/C20H33NO5.ClH/c1-14-7-6-8-15(2)21(14)11-17(22)13-26-12-16-9-18(23-3)20(25-5)19(10-16)24-4;/h9-10,14-15,17,22H,6-8,11-13H2,1-5H3;1H/p-1. The quantitative estimate of drug-likeness (QED) is 0.620. The van der Waals surface area contributed by atoms with Crippen LogP contribution in [0, 0.1) is 0 Å². The van der Waals surface area contributed by atoms with Crippen LogP contribution < -0.4 is 26.6 Å². The van der Waals surface area contributed by atoms with Crippen molar-refractivity contribution in [1.82, 2.24) is 4.90 Å². The molecule has 3 unspecified atom stereocenters. The van der Waals surface area contributed by atoms with E-state index in [0.29, 0.717) is 49.1 Å². The largest absolute Gasteiger partial charge is 1.00 e. The predicted octanol–water partition coefficient (Wildman–Crippen LogP) is -0.143. The monoisotopic (exact) mass is 402 g/mol. The Kier molecular flexibility index (Phi) is 10.2. The average molecular weight is 403 g/mol. The molecule has 0 radical (unpaired) electrons. The van der Waals surface area contributed by atoms with Crippen LogP contribution in [0.4, 0.5) is 0 Å². The van der Waals surface area contributed by atoms with Gasteiger partial charge in [-0.3, -0.25) is 4.90 Å². The van der Waals surface area contributed by atoms with E-state index in [9.17, 15) is 5.11 Å². The molecule has 156 valence electrons. The van der Waals surface area contributed by atoms with Crippen LogP contribution in [0.3, 0.4) is 0 Å². The highest BCUT2D eigenvalue weighted by Gasteiger charge is 2.26. The van der Waals surface area contributed by atoms with Crippen molar-refractivity contribution in [1.29, 1.82) is 0 Å². The lowest BCUT2D eigenvalue weighted by atomic mass is 9.97. The number of halogens is 1. The van der Waals surface area contributed by atoms with Crippen LogP contribution in [0.5, 0.6) is 17.2 Å². The molecule has 6 nitrogen and oxygen atoms in total. The van der Waals surface area contributed by atoms with Crippen molar-refractivity contribution < 1.29 is 36.5 Å². The molecule has 0 spiro atoms. The van der Waals surface area contributed by atoms with Gasteiger partial charge in [0.25, 0.3) is 0 Å². The number of methoxy groups -OCH3 is 3. The van der Waals surface area contributed by atoms with Gasteiger partial charge in [-0.1, -0.05) is 6.42 Å². The topological polar surface area (TPSA) is 60.4 Å². The Morgan fingerprint density at radius 2 is 1.59 bits per heavy atom. The molecule has 0 bridgehead atoms. The molecular weight excluding hydrogens is 370 g/mol. The van der Waals surface area contributed by atoms with Gasteiger partial charge in [-0.2, -0.15) is 0 Å². The predicted molar refractivity (Wildman–Crippen MR) is 101 cm³/mol. The number of hydrogen-bond acceptors (Lipinski definition) is 6. The van der Waals surface area contributed by atoms with E-state index in [2.05, 4.69) is 18.7 Å². The van der Waals surface area contributed by atoms with E-state index in [4.69, 9.17) is 18.9 Å². The molecule has 1 heterocycles. The smallest absolute Gasteiger partial charge is 0.203 e. The zero-order chi connectivity index (χ0) is 19.1. The summed E-state index contributed by atoms with van der Waals surface area (Å²) in [6.07, 6.45) is 3.17. The number of rotatable bonds is 9. The maximum atomic E-state index is 10.4. The molecule has 1 fully saturated rings. The van der Waals surface area contributed by atoms with E-state index in [1.54, 1.807) is 21.3 Å². The Morgan fingerprint density at radius 3 is 2.07 bits per heavy atom. The van der Waals surface area contributed by atoms with Crippen LogP contribution >= 0.6 is 0 Å². The molecule has 0 aliphatic carbocycles. The molecule has 1 aromatic carbocycles. The summed E-state index contributed by atoms with van der Waals surface area (Å²) in [6.45, 7) is 5.79. The summed E-state index contributed by atoms with van der Waals surface area (Å²) >= 11 is 0. The number of hydrogen-bond donors (Lipinski definition) is 1. The van der Waals surface area contributed by atoms with Crippen molar-refractivity contribution in [3.05, 3.63) is 17.7 Å². The lowest BCUT2D eigenvalue weighted by molar-refractivity contribution is -0.0135. The van der Waals surface area contributed by atoms with Gasteiger partial charge in [-0.25, -0.2) is 0 Å². The molecule has 0 amide bonds. The Labute approximate surface area is 169 Å². The molecule has 7 heteroatoms. The lowest BCUT2D eigenvalue weighted by Gasteiger charge is -2.40. The number of nitrogens with zero attached hydrogens (tertiary/aromatic N) is 1. The highest BCUT2D eigenvalue weighted by molar-refractivity contribution is 5.53. The molecule has 1 aliphatic rings. The molecule has 0 saturated carbocycles. The number of β-amino-alcohol motifs (C(OH)–C–C–N with tert-alkyl or cyclic N) is 1. The van der Waals surface area contributed by atoms with Gasteiger partial charge in [-0.15, -0.1) is 0 Å². The first kappa shape index (κ1) is 23.8. The number of likely N-dealkylation sites (tertiary alicyclic amines) is 1. The Hall–Kier alpha value is -1.21. The fraction of sp³-hybridized carbons (Fsp3) is 0.700. The second-order valence-corrected chi connectivity index (χ2v) is 7.03. The minimum absolute atomic E-state index is 0. The van der Waals surface area contributed by atoms with Crippen LogP contribution in [0.15, 0.2) is 12.1 Å². The van der Waals surface area contributed by atoms with Crippen LogP contribution in [-0.4, -0.2) is 62.7 Å². The maximum Gasteiger partial charge on any atom is 0.203 e. The third kappa shape index (κ3) is 6.42. The number of aliphatic hydroxyl groups excluding tert-OH is 1. The van der Waals surface area contributed by atoms with Gasteiger partial charge >= 0.3 is 0 Å². The summed E-state index contributed by atoms with van der Waals surface area (Å²) in [5.74, 6) is 1.76. The molecule has 0 aromatic heterocycles. The van der Waals surface area contributed by atoms with E-state index in [1.165, 1.54) is 19.3 Å². The molecule has 3 atom stereocenters. The fourth-order valence-electron chi connectivity index (χ4n) is 3.66.